The molecule has 1 aromatic heterocycles. The van der Waals surface area contributed by atoms with E-state index in [4.69, 9.17) is 16.3 Å². The number of unbranched alkanes of at least 4 members (excludes halogenated alkanes) is 1. The molecule has 0 saturated heterocycles. The molecule has 0 bridgehead atoms. The van der Waals surface area contributed by atoms with E-state index in [1.807, 2.05) is 0 Å². The molecule has 1 atom stereocenters. The molecule has 0 amide bonds. The summed E-state index contributed by atoms with van der Waals surface area (Å²) in [6, 6.07) is 1.38. The highest BCUT2D eigenvalue weighted by Crippen LogP contribution is 2.20. The Kier molecular flexibility index (Phi) is 7.02. The highest BCUT2D eigenvalue weighted by atomic mass is 35.5. The van der Waals surface area contributed by atoms with Crippen LogP contribution in [0.2, 0.25) is 0 Å². The third kappa shape index (κ3) is 4.81. The van der Waals surface area contributed by atoms with Crippen LogP contribution in [-0.2, 0) is 5.88 Å². The van der Waals surface area contributed by atoms with E-state index < -0.39 is 0 Å². The van der Waals surface area contributed by atoms with Crippen molar-refractivity contribution >= 4 is 11.6 Å². The van der Waals surface area contributed by atoms with E-state index in [0.717, 1.165) is 12.8 Å². The lowest BCUT2D eigenvalue weighted by molar-refractivity contribution is 0.224. The highest BCUT2D eigenvalue weighted by molar-refractivity contribution is 6.17. The molecule has 0 saturated carbocycles. The summed E-state index contributed by atoms with van der Waals surface area (Å²) in [6.45, 7) is 4.96. The zero-order valence-corrected chi connectivity index (χ0v) is 11.8. The van der Waals surface area contributed by atoms with Crippen molar-refractivity contribution in [1.82, 2.24) is 4.98 Å². The molecule has 2 nitrogen and oxygen atoms in total. The molecule has 18 heavy (non-hydrogen) atoms. The van der Waals surface area contributed by atoms with Crippen LogP contribution in [0.4, 0.5) is 4.39 Å². The lowest BCUT2D eigenvalue weighted by Crippen LogP contribution is -2.13. The van der Waals surface area contributed by atoms with Gasteiger partial charge >= 0.3 is 0 Å². The van der Waals surface area contributed by atoms with Crippen molar-refractivity contribution in [3.63, 3.8) is 0 Å². The number of halogens is 2. The predicted molar refractivity (Wildman–Crippen MR) is 72.6 cm³/mol. The minimum atomic E-state index is -0.379. The smallest absolute Gasteiger partial charge is 0.217 e. The van der Waals surface area contributed by atoms with Crippen molar-refractivity contribution in [2.24, 2.45) is 5.92 Å². The van der Waals surface area contributed by atoms with Crippen molar-refractivity contribution in [2.45, 2.75) is 45.4 Å². The van der Waals surface area contributed by atoms with E-state index >= 15 is 0 Å². The summed E-state index contributed by atoms with van der Waals surface area (Å²) in [4.78, 5) is 3.95. The summed E-state index contributed by atoms with van der Waals surface area (Å²) in [5.74, 6) is 0.823. The Bertz CT molecular complexity index is 360. The second-order valence-corrected chi connectivity index (χ2v) is 4.75. The number of aromatic nitrogens is 1. The fourth-order valence-corrected chi connectivity index (χ4v) is 1.98. The van der Waals surface area contributed by atoms with E-state index in [9.17, 15) is 4.39 Å². The maximum absolute atomic E-state index is 13.0. The monoisotopic (exact) mass is 273 g/mol. The maximum Gasteiger partial charge on any atom is 0.217 e. The first-order chi connectivity index (χ1) is 8.71. The van der Waals surface area contributed by atoms with Gasteiger partial charge < -0.3 is 4.74 Å². The predicted octanol–water partition coefficient (Wildman–Crippen LogP) is 4.55. The zero-order chi connectivity index (χ0) is 13.4. The standard InChI is InChI=1S/C14H21ClFNO/c1-3-5-6-11(4-2)10-18-14-12(8-15)7-13(16)9-17-14/h7,9,11H,3-6,8,10H2,1-2H3. The van der Waals surface area contributed by atoms with Crippen LogP contribution in [0.15, 0.2) is 12.3 Å². The average Bonchev–Trinajstić information content (AvgIpc) is 2.40. The molecule has 0 N–H and O–H groups in total. The summed E-state index contributed by atoms with van der Waals surface area (Å²) in [5.41, 5.74) is 0.613. The van der Waals surface area contributed by atoms with Crippen molar-refractivity contribution in [2.75, 3.05) is 6.61 Å². The van der Waals surface area contributed by atoms with Gasteiger partial charge in [0, 0.05) is 5.56 Å². The topological polar surface area (TPSA) is 22.1 Å². The van der Waals surface area contributed by atoms with Crippen molar-refractivity contribution in [3.05, 3.63) is 23.6 Å². The van der Waals surface area contributed by atoms with E-state index in [1.165, 1.54) is 25.1 Å². The molecule has 1 rings (SSSR count). The minimum Gasteiger partial charge on any atom is -0.477 e. The van der Waals surface area contributed by atoms with Gasteiger partial charge in [0.15, 0.2) is 0 Å². The first kappa shape index (κ1) is 15.2. The quantitative estimate of drug-likeness (QED) is 0.648. The average molecular weight is 274 g/mol. The van der Waals surface area contributed by atoms with Crippen molar-refractivity contribution in [1.29, 1.82) is 0 Å². The molecule has 1 unspecified atom stereocenters. The zero-order valence-electron chi connectivity index (χ0n) is 11.1. The van der Waals surface area contributed by atoms with Gasteiger partial charge in [-0.25, -0.2) is 9.37 Å². The number of pyridine rings is 1. The molecule has 4 heteroatoms. The summed E-state index contributed by atoms with van der Waals surface area (Å²) in [7, 11) is 0. The molecule has 0 aromatic carbocycles. The molecular weight excluding hydrogens is 253 g/mol. The van der Waals surface area contributed by atoms with Gasteiger partial charge in [0.25, 0.3) is 0 Å². The Morgan fingerprint density at radius 2 is 2.22 bits per heavy atom. The molecule has 0 aliphatic heterocycles. The van der Waals surface area contributed by atoms with Gasteiger partial charge in [0.2, 0.25) is 5.88 Å². The summed E-state index contributed by atoms with van der Waals surface area (Å²) >= 11 is 5.75. The van der Waals surface area contributed by atoms with Crippen LogP contribution in [0.1, 0.15) is 45.1 Å². The van der Waals surface area contributed by atoms with Crippen LogP contribution < -0.4 is 4.74 Å². The van der Waals surface area contributed by atoms with Gasteiger partial charge in [0.05, 0.1) is 18.7 Å². The van der Waals surface area contributed by atoms with E-state index in [-0.39, 0.29) is 11.7 Å². The van der Waals surface area contributed by atoms with Gasteiger partial charge in [-0.15, -0.1) is 11.6 Å². The largest absolute Gasteiger partial charge is 0.477 e. The van der Waals surface area contributed by atoms with E-state index in [1.54, 1.807) is 0 Å². The summed E-state index contributed by atoms with van der Waals surface area (Å²) in [5, 5.41) is 0. The number of nitrogens with zero attached hydrogens (tertiary/aromatic N) is 1. The second-order valence-electron chi connectivity index (χ2n) is 4.48. The fraction of sp³-hybridized carbons (Fsp3) is 0.643. The first-order valence-corrected chi connectivity index (χ1v) is 7.07. The molecule has 1 heterocycles. The Balaban J connectivity index is 2.56. The third-order valence-electron chi connectivity index (χ3n) is 3.03. The Hall–Kier alpha value is -0.830. The fourth-order valence-electron chi connectivity index (χ4n) is 1.79. The normalized spacial score (nSPS) is 12.4. The molecular formula is C14H21ClFNO. The van der Waals surface area contributed by atoms with Crippen molar-refractivity contribution < 1.29 is 9.13 Å². The number of hydrogen-bond donors (Lipinski definition) is 0. The Labute approximate surface area is 114 Å². The van der Waals surface area contributed by atoms with Gasteiger partial charge in [-0.2, -0.15) is 0 Å². The van der Waals surface area contributed by atoms with Crippen LogP contribution in [-0.4, -0.2) is 11.6 Å². The number of hydrogen-bond acceptors (Lipinski definition) is 2. The minimum absolute atomic E-state index is 0.214. The number of alkyl halides is 1. The van der Waals surface area contributed by atoms with Gasteiger partial charge in [-0.1, -0.05) is 33.1 Å². The Morgan fingerprint density at radius 3 is 2.83 bits per heavy atom. The second kappa shape index (κ2) is 8.30. The molecule has 0 aliphatic rings. The lowest BCUT2D eigenvalue weighted by Gasteiger charge is -2.16. The molecule has 0 fully saturated rings. The molecule has 0 aliphatic carbocycles. The van der Waals surface area contributed by atoms with Crippen LogP contribution >= 0.6 is 11.6 Å². The molecule has 0 spiro atoms. The van der Waals surface area contributed by atoms with Crippen LogP contribution in [0.5, 0.6) is 5.88 Å². The van der Waals surface area contributed by atoms with Crippen LogP contribution in [0.25, 0.3) is 0 Å². The summed E-state index contributed by atoms with van der Waals surface area (Å²) < 4.78 is 18.7. The van der Waals surface area contributed by atoms with E-state index in [2.05, 4.69) is 18.8 Å². The van der Waals surface area contributed by atoms with Gasteiger partial charge in [-0.05, 0) is 18.4 Å². The molecule has 0 radical (unpaired) electrons. The first-order valence-electron chi connectivity index (χ1n) is 6.54. The molecule has 1 aromatic rings. The third-order valence-corrected chi connectivity index (χ3v) is 3.32. The summed E-state index contributed by atoms with van der Waals surface area (Å²) in [6.07, 6.45) is 5.81. The van der Waals surface area contributed by atoms with Gasteiger partial charge in [0.1, 0.15) is 5.82 Å². The van der Waals surface area contributed by atoms with Crippen molar-refractivity contribution in [3.8, 4) is 5.88 Å². The van der Waals surface area contributed by atoms with Crippen LogP contribution in [0, 0.1) is 11.7 Å². The maximum atomic E-state index is 13.0. The molecule has 102 valence electrons. The highest BCUT2D eigenvalue weighted by Gasteiger charge is 2.10. The Morgan fingerprint density at radius 1 is 1.44 bits per heavy atom. The number of rotatable bonds is 8. The van der Waals surface area contributed by atoms with E-state index in [0.29, 0.717) is 24.0 Å². The number of ether oxygens (including phenoxy) is 1. The van der Waals surface area contributed by atoms with Crippen LogP contribution in [0.3, 0.4) is 0 Å². The lowest BCUT2D eigenvalue weighted by atomic mass is 10.0. The SMILES string of the molecule is CCCCC(CC)COc1ncc(F)cc1CCl. The van der Waals surface area contributed by atoms with Gasteiger partial charge in [-0.3, -0.25) is 0 Å².